The van der Waals surface area contributed by atoms with Crippen LogP contribution in [0.2, 0.25) is 5.02 Å². The number of sulfonamides is 1. The summed E-state index contributed by atoms with van der Waals surface area (Å²) in [6.45, 7) is 2.89. The third kappa shape index (κ3) is 3.47. The molecule has 0 aliphatic carbocycles. The van der Waals surface area contributed by atoms with Crippen LogP contribution in [0, 0.1) is 6.92 Å². The number of hydrogen-bond donors (Lipinski definition) is 2. The van der Waals surface area contributed by atoms with Crippen molar-refractivity contribution in [3.05, 3.63) is 52.4 Å². The van der Waals surface area contributed by atoms with Gasteiger partial charge in [0.15, 0.2) is 0 Å². The van der Waals surface area contributed by atoms with Crippen LogP contribution in [0.1, 0.15) is 30.0 Å². The quantitative estimate of drug-likeness (QED) is 0.884. The van der Waals surface area contributed by atoms with Crippen LogP contribution in [0.25, 0.3) is 0 Å². The van der Waals surface area contributed by atoms with E-state index in [1.54, 1.807) is 31.2 Å². The van der Waals surface area contributed by atoms with E-state index in [1.807, 2.05) is 0 Å². The Balaban J connectivity index is 2.29. The van der Waals surface area contributed by atoms with Gasteiger partial charge in [-0.1, -0.05) is 29.8 Å². The number of furan rings is 1. The smallest absolute Gasteiger partial charge is 0.244 e. The monoisotopic (exact) mass is 329 g/mol. The summed E-state index contributed by atoms with van der Waals surface area (Å²) in [6.07, 6.45) is 0. The zero-order valence-electron chi connectivity index (χ0n) is 11.6. The van der Waals surface area contributed by atoms with Crippen LogP contribution in [0.5, 0.6) is 0 Å². The SMILES string of the molecule is Cc1oc(CO)cc1S(=O)(=O)NC(C)c1ccccc1Cl. The molecular weight excluding hydrogens is 314 g/mol. The number of aryl methyl sites for hydroxylation is 1. The van der Waals surface area contributed by atoms with Crippen molar-refractivity contribution < 1.29 is 17.9 Å². The summed E-state index contributed by atoms with van der Waals surface area (Å²) in [5.74, 6) is 0.441. The average molecular weight is 330 g/mol. The van der Waals surface area contributed by atoms with Crippen molar-refractivity contribution in [1.29, 1.82) is 0 Å². The molecule has 1 atom stereocenters. The van der Waals surface area contributed by atoms with E-state index in [0.717, 1.165) is 0 Å². The average Bonchev–Trinajstić information content (AvgIpc) is 2.81. The van der Waals surface area contributed by atoms with Crippen molar-refractivity contribution in [3.8, 4) is 0 Å². The van der Waals surface area contributed by atoms with Crippen molar-refractivity contribution >= 4 is 21.6 Å². The highest BCUT2D eigenvalue weighted by Crippen LogP contribution is 2.26. The lowest BCUT2D eigenvalue weighted by Crippen LogP contribution is -2.27. The highest BCUT2D eigenvalue weighted by atomic mass is 35.5. The maximum absolute atomic E-state index is 12.4. The molecule has 0 aliphatic rings. The molecule has 7 heteroatoms. The van der Waals surface area contributed by atoms with Gasteiger partial charge >= 0.3 is 0 Å². The molecule has 0 aliphatic heterocycles. The molecule has 2 aromatic rings. The minimum atomic E-state index is -3.76. The zero-order valence-corrected chi connectivity index (χ0v) is 13.2. The fraction of sp³-hybridized carbons (Fsp3) is 0.286. The standard InChI is InChI=1S/C14H16ClNO4S/c1-9(12-5-3-4-6-13(12)15)16-21(18,19)14-7-11(8-17)20-10(14)2/h3-7,9,16-17H,8H2,1-2H3. The summed E-state index contributed by atoms with van der Waals surface area (Å²) in [7, 11) is -3.76. The lowest BCUT2D eigenvalue weighted by atomic mass is 10.1. The summed E-state index contributed by atoms with van der Waals surface area (Å²) in [5.41, 5.74) is 0.686. The van der Waals surface area contributed by atoms with Crippen LogP contribution in [0.4, 0.5) is 0 Å². The highest BCUT2D eigenvalue weighted by molar-refractivity contribution is 7.89. The van der Waals surface area contributed by atoms with E-state index in [2.05, 4.69) is 4.72 Å². The second-order valence-electron chi connectivity index (χ2n) is 4.66. The largest absolute Gasteiger partial charge is 0.462 e. The minimum absolute atomic E-state index is 0.0189. The molecule has 1 heterocycles. The summed E-state index contributed by atoms with van der Waals surface area (Å²) >= 11 is 6.07. The Morgan fingerprint density at radius 2 is 2.05 bits per heavy atom. The van der Waals surface area contributed by atoms with E-state index in [0.29, 0.717) is 10.6 Å². The van der Waals surface area contributed by atoms with Gasteiger partial charge in [-0.3, -0.25) is 0 Å². The molecule has 21 heavy (non-hydrogen) atoms. The van der Waals surface area contributed by atoms with E-state index in [1.165, 1.54) is 13.0 Å². The van der Waals surface area contributed by atoms with Crippen molar-refractivity contribution in [2.75, 3.05) is 0 Å². The first-order chi connectivity index (χ1) is 9.85. The molecule has 2 N–H and O–H groups in total. The van der Waals surface area contributed by atoms with Crippen molar-refractivity contribution in [2.24, 2.45) is 0 Å². The van der Waals surface area contributed by atoms with E-state index < -0.39 is 16.1 Å². The van der Waals surface area contributed by atoms with Gasteiger partial charge in [0.1, 0.15) is 23.0 Å². The number of hydrogen-bond acceptors (Lipinski definition) is 4. The summed E-state index contributed by atoms with van der Waals surface area (Å²) in [6, 6.07) is 7.86. The van der Waals surface area contributed by atoms with Crippen LogP contribution >= 0.6 is 11.6 Å². The third-order valence-electron chi connectivity index (χ3n) is 3.07. The molecule has 1 aromatic heterocycles. The van der Waals surface area contributed by atoms with Gasteiger partial charge in [0.2, 0.25) is 10.0 Å². The topological polar surface area (TPSA) is 79.5 Å². The Morgan fingerprint density at radius 3 is 2.62 bits per heavy atom. The van der Waals surface area contributed by atoms with Crippen molar-refractivity contribution in [3.63, 3.8) is 0 Å². The van der Waals surface area contributed by atoms with E-state index in [9.17, 15) is 8.42 Å². The molecule has 1 unspecified atom stereocenters. The molecule has 0 fully saturated rings. The zero-order chi connectivity index (χ0) is 15.6. The maximum atomic E-state index is 12.4. The Labute approximate surface area is 128 Å². The summed E-state index contributed by atoms with van der Waals surface area (Å²) in [4.78, 5) is 0.0189. The lowest BCUT2D eigenvalue weighted by Gasteiger charge is -2.15. The van der Waals surface area contributed by atoms with Gasteiger partial charge in [-0.15, -0.1) is 0 Å². The molecule has 5 nitrogen and oxygen atoms in total. The molecule has 0 spiro atoms. The Hall–Kier alpha value is -1.34. The van der Waals surface area contributed by atoms with E-state index in [4.69, 9.17) is 21.1 Å². The Bertz CT molecular complexity index is 739. The minimum Gasteiger partial charge on any atom is -0.462 e. The van der Waals surface area contributed by atoms with Crippen LogP contribution < -0.4 is 4.72 Å². The second kappa shape index (κ2) is 6.19. The van der Waals surface area contributed by atoms with Crippen LogP contribution in [0.15, 0.2) is 39.6 Å². The fourth-order valence-corrected chi connectivity index (χ4v) is 3.78. The normalized spacial score (nSPS) is 13.3. The van der Waals surface area contributed by atoms with Gasteiger partial charge < -0.3 is 9.52 Å². The third-order valence-corrected chi connectivity index (χ3v) is 5.06. The van der Waals surface area contributed by atoms with Gasteiger partial charge in [-0.05, 0) is 25.5 Å². The Morgan fingerprint density at radius 1 is 1.38 bits per heavy atom. The van der Waals surface area contributed by atoms with Crippen molar-refractivity contribution in [1.82, 2.24) is 4.72 Å². The number of aliphatic hydroxyl groups excluding tert-OH is 1. The number of nitrogens with one attached hydrogen (secondary N) is 1. The summed E-state index contributed by atoms with van der Waals surface area (Å²) in [5, 5.41) is 9.50. The molecule has 0 bridgehead atoms. The molecular formula is C14H16ClNO4S. The predicted octanol–water partition coefficient (Wildman–Crippen LogP) is 2.77. The fourth-order valence-electron chi connectivity index (χ4n) is 2.05. The van der Waals surface area contributed by atoms with E-state index in [-0.39, 0.29) is 23.0 Å². The summed E-state index contributed by atoms with van der Waals surface area (Å²) < 4.78 is 32.5. The molecule has 114 valence electrons. The van der Waals surface area contributed by atoms with Crippen LogP contribution in [-0.2, 0) is 16.6 Å². The number of rotatable bonds is 5. The molecule has 0 saturated heterocycles. The first-order valence-electron chi connectivity index (χ1n) is 6.32. The second-order valence-corrected chi connectivity index (χ2v) is 6.75. The maximum Gasteiger partial charge on any atom is 0.244 e. The number of halogens is 1. The van der Waals surface area contributed by atoms with Gasteiger partial charge in [-0.2, -0.15) is 0 Å². The van der Waals surface area contributed by atoms with E-state index >= 15 is 0 Å². The first kappa shape index (κ1) is 16.0. The van der Waals surface area contributed by atoms with Gasteiger partial charge in [0.05, 0.1) is 0 Å². The molecule has 1 aromatic carbocycles. The molecule has 0 amide bonds. The van der Waals surface area contributed by atoms with Gasteiger partial charge in [0, 0.05) is 17.1 Å². The predicted molar refractivity (Wildman–Crippen MR) is 79.6 cm³/mol. The highest BCUT2D eigenvalue weighted by Gasteiger charge is 2.24. The lowest BCUT2D eigenvalue weighted by molar-refractivity contribution is 0.244. The Kier molecular flexibility index (Phi) is 4.73. The van der Waals surface area contributed by atoms with Gasteiger partial charge in [0.25, 0.3) is 0 Å². The van der Waals surface area contributed by atoms with Crippen LogP contribution in [0.3, 0.4) is 0 Å². The number of benzene rings is 1. The number of aliphatic hydroxyl groups is 1. The molecule has 0 saturated carbocycles. The molecule has 2 rings (SSSR count). The molecule has 0 radical (unpaired) electrons. The van der Waals surface area contributed by atoms with Crippen LogP contribution in [-0.4, -0.2) is 13.5 Å². The van der Waals surface area contributed by atoms with Gasteiger partial charge in [-0.25, -0.2) is 13.1 Å². The van der Waals surface area contributed by atoms with Crippen molar-refractivity contribution in [2.45, 2.75) is 31.4 Å². The first-order valence-corrected chi connectivity index (χ1v) is 8.18.